The fraction of sp³-hybridized carbons (Fsp3) is 0. The van der Waals surface area contributed by atoms with Crippen molar-refractivity contribution in [3.63, 3.8) is 0 Å². The number of carbonyl (C=O) groups is 1. The van der Waals surface area contributed by atoms with Gasteiger partial charge in [0.25, 0.3) is 5.91 Å². The Morgan fingerprint density at radius 2 is 1.48 bits per heavy atom. The van der Waals surface area contributed by atoms with Crippen LogP contribution in [0.1, 0.15) is 0 Å². The number of nitrogens with two attached hydrogens (primary N) is 1. The molecule has 5 heteroatoms. The topological polar surface area (TPSA) is 67.1 Å². The second-order valence-corrected chi connectivity index (χ2v) is 5.50. The van der Waals surface area contributed by atoms with Crippen molar-refractivity contribution in [1.29, 1.82) is 0 Å². The summed E-state index contributed by atoms with van der Waals surface area (Å²) in [6, 6.07) is 20.7. The molecule has 0 atom stereocenters. The van der Waals surface area contributed by atoms with Gasteiger partial charge in [0.05, 0.1) is 0 Å². The van der Waals surface area contributed by atoms with Crippen molar-refractivity contribution in [2.75, 3.05) is 16.4 Å². The Morgan fingerprint density at radius 1 is 0.826 bits per heavy atom. The number of nitrogens with one attached hydrogen (secondary N) is 2. The van der Waals surface area contributed by atoms with Gasteiger partial charge >= 0.3 is 0 Å². The lowest BCUT2D eigenvalue weighted by molar-refractivity contribution is -0.110. The van der Waals surface area contributed by atoms with Crippen molar-refractivity contribution in [3.05, 3.63) is 66.7 Å². The fourth-order valence-corrected chi connectivity index (χ4v) is 2.38. The molecular weight excluding hydrogens is 306 g/mol. The SMILES string of the molecule is Nc1ccc(NC(=S)C(=O)Nc2ccc3ccccc3c2)cc1. The van der Waals surface area contributed by atoms with Crippen LogP contribution in [0.2, 0.25) is 0 Å². The first-order chi connectivity index (χ1) is 11.1. The Kier molecular flexibility index (Phi) is 4.21. The van der Waals surface area contributed by atoms with Crippen LogP contribution in [-0.2, 0) is 4.79 Å². The molecule has 0 aliphatic rings. The first kappa shape index (κ1) is 15.0. The van der Waals surface area contributed by atoms with E-state index >= 15 is 0 Å². The molecule has 3 aromatic carbocycles. The molecule has 3 rings (SSSR count). The van der Waals surface area contributed by atoms with Crippen molar-refractivity contribution < 1.29 is 4.79 Å². The lowest BCUT2D eigenvalue weighted by Gasteiger charge is -2.10. The molecule has 0 saturated heterocycles. The van der Waals surface area contributed by atoms with E-state index < -0.39 is 0 Å². The largest absolute Gasteiger partial charge is 0.399 e. The van der Waals surface area contributed by atoms with E-state index in [1.165, 1.54) is 0 Å². The van der Waals surface area contributed by atoms with Crippen molar-refractivity contribution in [1.82, 2.24) is 0 Å². The molecule has 114 valence electrons. The number of thiocarbonyl (C=S) groups is 1. The first-order valence-electron chi connectivity index (χ1n) is 7.08. The van der Waals surface area contributed by atoms with Gasteiger partial charge in [-0.05, 0) is 47.2 Å². The van der Waals surface area contributed by atoms with Crippen molar-refractivity contribution >= 4 is 50.9 Å². The summed E-state index contributed by atoms with van der Waals surface area (Å²) in [5.74, 6) is -0.355. The molecule has 0 aromatic heterocycles. The van der Waals surface area contributed by atoms with Crippen LogP contribution in [0.15, 0.2) is 66.7 Å². The quantitative estimate of drug-likeness (QED) is 0.496. The predicted octanol–water partition coefficient (Wildman–Crippen LogP) is 3.80. The smallest absolute Gasteiger partial charge is 0.283 e. The summed E-state index contributed by atoms with van der Waals surface area (Å²) in [5.41, 5.74) is 7.70. The number of hydrogen-bond acceptors (Lipinski definition) is 3. The van der Waals surface area contributed by atoms with Gasteiger partial charge in [-0.15, -0.1) is 0 Å². The van der Waals surface area contributed by atoms with E-state index in [2.05, 4.69) is 10.6 Å². The minimum atomic E-state index is -0.355. The normalized spacial score (nSPS) is 10.3. The second kappa shape index (κ2) is 6.46. The van der Waals surface area contributed by atoms with Crippen molar-refractivity contribution in [2.24, 2.45) is 0 Å². The third kappa shape index (κ3) is 3.64. The molecule has 0 bridgehead atoms. The minimum absolute atomic E-state index is 0.0999. The Labute approximate surface area is 139 Å². The zero-order chi connectivity index (χ0) is 16.2. The number of fused-ring (bicyclic) bond motifs is 1. The van der Waals surface area contributed by atoms with Gasteiger partial charge in [0.15, 0.2) is 4.99 Å². The zero-order valence-corrected chi connectivity index (χ0v) is 13.1. The predicted molar refractivity (Wildman–Crippen MR) is 99.7 cm³/mol. The van der Waals surface area contributed by atoms with Gasteiger partial charge in [-0.3, -0.25) is 4.79 Å². The van der Waals surface area contributed by atoms with E-state index in [-0.39, 0.29) is 10.9 Å². The van der Waals surface area contributed by atoms with E-state index in [0.29, 0.717) is 11.4 Å². The van der Waals surface area contributed by atoms with Crippen LogP contribution in [0.3, 0.4) is 0 Å². The molecular formula is C18H15N3OS. The molecule has 0 saturated carbocycles. The number of amides is 1. The van der Waals surface area contributed by atoms with Crippen LogP contribution in [0.4, 0.5) is 17.1 Å². The van der Waals surface area contributed by atoms with Gasteiger partial charge < -0.3 is 16.4 Å². The van der Waals surface area contributed by atoms with Crippen LogP contribution < -0.4 is 16.4 Å². The summed E-state index contributed by atoms with van der Waals surface area (Å²) < 4.78 is 0. The van der Waals surface area contributed by atoms with Crippen molar-refractivity contribution in [3.8, 4) is 0 Å². The Morgan fingerprint density at radius 3 is 2.22 bits per heavy atom. The summed E-state index contributed by atoms with van der Waals surface area (Å²) in [4.78, 5) is 12.3. The van der Waals surface area contributed by atoms with Crippen LogP contribution in [0.25, 0.3) is 10.8 Å². The zero-order valence-electron chi connectivity index (χ0n) is 12.2. The fourth-order valence-electron chi connectivity index (χ4n) is 2.21. The highest BCUT2D eigenvalue weighted by Gasteiger charge is 2.10. The van der Waals surface area contributed by atoms with E-state index in [1.54, 1.807) is 24.3 Å². The van der Waals surface area contributed by atoms with Gasteiger partial charge in [-0.2, -0.15) is 0 Å². The molecule has 4 nitrogen and oxygen atoms in total. The highest BCUT2D eigenvalue weighted by atomic mass is 32.1. The number of hydrogen-bond donors (Lipinski definition) is 3. The Hall–Kier alpha value is -2.92. The van der Waals surface area contributed by atoms with Gasteiger partial charge in [0.2, 0.25) is 0 Å². The lowest BCUT2D eigenvalue weighted by atomic mass is 10.1. The van der Waals surface area contributed by atoms with E-state index in [4.69, 9.17) is 18.0 Å². The number of benzene rings is 3. The van der Waals surface area contributed by atoms with E-state index in [9.17, 15) is 4.79 Å². The highest BCUT2D eigenvalue weighted by Crippen LogP contribution is 2.19. The third-order valence-corrected chi connectivity index (χ3v) is 3.67. The summed E-state index contributed by atoms with van der Waals surface area (Å²) in [6.45, 7) is 0. The molecule has 1 amide bonds. The molecule has 0 fully saturated rings. The van der Waals surface area contributed by atoms with Gasteiger partial charge in [0.1, 0.15) is 0 Å². The molecule has 0 spiro atoms. The van der Waals surface area contributed by atoms with Gasteiger partial charge in [-0.25, -0.2) is 0 Å². The maximum Gasteiger partial charge on any atom is 0.283 e. The van der Waals surface area contributed by atoms with E-state index in [1.807, 2.05) is 42.5 Å². The summed E-state index contributed by atoms with van der Waals surface area (Å²) in [6.07, 6.45) is 0. The monoisotopic (exact) mass is 321 g/mol. The van der Waals surface area contributed by atoms with Gasteiger partial charge in [0, 0.05) is 17.1 Å². The van der Waals surface area contributed by atoms with Crippen LogP contribution in [0.5, 0.6) is 0 Å². The molecule has 0 radical (unpaired) electrons. The Bertz CT molecular complexity index is 875. The average Bonchev–Trinajstić information content (AvgIpc) is 2.56. The number of rotatable bonds is 2. The average molecular weight is 321 g/mol. The first-order valence-corrected chi connectivity index (χ1v) is 7.49. The minimum Gasteiger partial charge on any atom is -0.399 e. The number of nitrogen functional groups attached to an aromatic ring is 1. The lowest BCUT2D eigenvalue weighted by Crippen LogP contribution is -2.27. The maximum atomic E-state index is 12.2. The Balaban J connectivity index is 1.69. The molecule has 0 heterocycles. The summed E-state index contributed by atoms with van der Waals surface area (Å²) >= 11 is 5.13. The molecule has 4 N–H and O–H groups in total. The highest BCUT2D eigenvalue weighted by molar-refractivity contribution is 7.82. The number of carbonyl (C=O) groups excluding carboxylic acids is 1. The van der Waals surface area contributed by atoms with Crippen LogP contribution >= 0.6 is 12.2 Å². The summed E-state index contributed by atoms with van der Waals surface area (Å²) in [7, 11) is 0. The molecule has 0 unspecified atom stereocenters. The summed E-state index contributed by atoms with van der Waals surface area (Å²) in [5, 5.41) is 7.86. The third-order valence-electron chi connectivity index (χ3n) is 3.38. The number of anilines is 3. The van der Waals surface area contributed by atoms with Gasteiger partial charge in [-0.1, -0.05) is 42.5 Å². The van der Waals surface area contributed by atoms with Crippen molar-refractivity contribution in [2.45, 2.75) is 0 Å². The van der Waals surface area contributed by atoms with Crippen LogP contribution in [-0.4, -0.2) is 10.9 Å². The van der Waals surface area contributed by atoms with E-state index in [0.717, 1.165) is 16.5 Å². The molecule has 0 aliphatic heterocycles. The van der Waals surface area contributed by atoms with Crippen LogP contribution in [0, 0.1) is 0 Å². The molecule has 3 aromatic rings. The standard InChI is InChI=1S/C18H15N3OS/c19-14-6-9-15(10-7-14)21-18(23)17(22)20-16-8-5-12-3-1-2-4-13(12)11-16/h1-11H,19H2,(H,20,22)(H,21,23). The maximum absolute atomic E-state index is 12.2. The second-order valence-electron chi connectivity index (χ2n) is 5.09. The molecule has 0 aliphatic carbocycles. The molecule has 23 heavy (non-hydrogen) atoms.